The van der Waals surface area contributed by atoms with Gasteiger partial charge in [-0.3, -0.25) is 4.79 Å². The number of nitrogens with zero attached hydrogens (tertiary/aromatic N) is 1. The van der Waals surface area contributed by atoms with Crippen LogP contribution in [0.3, 0.4) is 0 Å². The van der Waals surface area contributed by atoms with Gasteiger partial charge in [-0.1, -0.05) is 34.1 Å². The molecule has 0 unspecified atom stereocenters. The standard InChI is InChI=1S/C23H20BrN3O6S/c1-32-19-10-7-16(8-11-19)23(29)33-21-12-9-18(24)13-17(21)14-25-27-22(28)15-26-34(30,31)20-5-3-2-4-6-20/h2-14,26H,15H2,1H3,(H,27,28). The SMILES string of the molecule is COc1ccc(C(=O)Oc2ccc(Br)cc2C=NNC(=O)CNS(=O)(=O)c2ccccc2)cc1. The van der Waals surface area contributed by atoms with Crippen LogP contribution in [0.2, 0.25) is 0 Å². The highest BCUT2D eigenvalue weighted by Crippen LogP contribution is 2.23. The minimum atomic E-state index is -3.82. The molecule has 0 aliphatic carbocycles. The summed E-state index contributed by atoms with van der Waals surface area (Å²) in [6.07, 6.45) is 1.28. The van der Waals surface area contributed by atoms with Crippen molar-refractivity contribution in [3.8, 4) is 11.5 Å². The molecular weight excluding hydrogens is 526 g/mol. The molecule has 176 valence electrons. The summed E-state index contributed by atoms with van der Waals surface area (Å²) in [5.74, 6) is -0.442. The second-order valence-corrected chi connectivity index (χ2v) is 9.41. The average Bonchev–Trinajstić information content (AvgIpc) is 2.85. The largest absolute Gasteiger partial charge is 0.497 e. The summed E-state index contributed by atoms with van der Waals surface area (Å²) < 4.78 is 37.8. The molecule has 0 fully saturated rings. The zero-order chi connectivity index (χ0) is 24.6. The van der Waals surface area contributed by atoms with Crippen LogP contribution in [0.1, 0.15) is 15.9 Å². The van der Waals surface area contributed by atoms with Crippen molar-refractivity contribution in [3.05, 3.63) is 88.4 Å². The Morgan fingerprint density at radius 3 is 2.41 bits per heavy atom. The quantitative estimate of drug-likeness (QED) is 0.184. The molecular formula is C23H20BrN3O6S. The van der Waals surface area contributed by atoms with E-state index in [0.717, 1.165) is 0 Å². The Morgan fingerprint density at radius 1 is 1.03 bits per heavy atom. The van der Waals surface area contributed by atoms with Crippen molar-refractivity contribution in [3.63, 3.8) is 0 Å². The van der Waals surface area contributed by atoms with Crippen LogP contribution in [0, 0.1) is 0 Å². The molecule has 0 spiro atoms. The smallest absolute Gasteiger partial charge is 0.343 e. The summed E-state index contributed by atoms with van der Waals surface area (Å²) in [7, 11) is -2.30. The number of sulfonamides is 1. The Morgan fingerprint density at radius 2 is 1.74 bits per heavy atom. The van der Waals surface area contributed by atoms with Crippen molar-refractivity contribution in [1.82, 2.24) is 10.1 Å². The predicted molar refractivity (Wildman–Crippen MR) is 129 cm³/mol. The minimum Gasteiger partial charge on any atom is -0.497 e. The Bertz CT molecular complexity index is 1300. The van der Waals surface area contributed by atoms with Crippen LogP contribution in [-0.2, 0) is 14.8 Å². The van der Waals surface area contributed by atoms with Gasteiger partial charge in [0.15, 0.2) is 0 Å². The van der Waals surface area contributed by atoms with E-state index in [2.05, 4.69) is 31.2 Å². The summed E-state index contributed by atoms with van der Waals surface area (Å²) >= 11 is 3.33. The van der Waals surface area contributed by atoms with Gasteiger partial charge in [0.25, 0.3) is 5.91 Å². The first-order chi connectivity index (χ1) is 16.3. The maximum Gasteiger partial charge on any atom is 0.343 e. The van der Waals surface area contributed by atoms with Gasteiger partial charge in [0, 0.05) is 10.0 Å². The summed E-state index contributed by atoms with van der Waals surface area (Å²) in [6.45, 7) is -0.508. The molecule has 0 atom stereocenters. The number of methoxy groups -OCH3 is 1. The Kier molecular flexibility index (Phi) is 8.52. The van der Waals surface area contributed by atoms with Gasteiger partial charge in [-0.25, -0.2) is 23.4 Å². The highest BCUT2D eigenvalue weighted by Gasteiger charge is 2.15. The molecule has 0 heterocycles. The zero-order valence-corrected chi connectivity index (χ0v) is 20.3. The van der Waals surface area contributed by atoms with E-state index < -0.39 is 28.4 Å². The summed E-state index contributed by atoms with van der Waals surface area (Å²) in [5, 5.41) is 3.83. The van der Waals surface area contributed by atoms with Crippen LogP contribution >= 0.6 is 15.9 Å². The van der Waals surface area contributed by atoms with Gasteiger partial charge in [0.1, 0.15) is 11.5 Å². The number of rotatable bonds is 9. The molecule has 2 N–H and O–H groups in total. The number of hydrazone groups is 1. The molecule has 3 aromatic carbocycles. The van der Waals surface area contributed by atoms with E-state index in [1.54, 1.807) is 60.7 Å². The number of esters is 1. The number of nitrogens with one attached hydrogen (secondary N) is 2. The van der Waals surface area contributed by atoms with Crippen molar-refractivity contribution in [2.45, 2.75) is 4.90 Å². The van der Waals surface area contributed by atoms with Gasteiger partial charge in [-0.05, 0) is 54.6 Å². The van der Waals surface area contributed by atoms with Gasteiger partial charge in [-0.2, -0.15) is 5.10 Å². The normalized spacial score (nSPS) is 11.2. The number of hydrogen-bond donors (Lipinski definition) is 2. The Hall–Kier alpha value is -3.54. The molecule has 0 aliphatic heterocycles. The van der Waals surface area contributed by atoms with E-state index in [0.29, 0.717) is 21.3 Å². The van der Waals surface area contributed by atoms with Crippen LogP contribution in [0.15, 0.2) is 87.3 Å². The van der Waals surface area contributed by atoms with Gasteiger partial charge in [-0.15, -0.1) is 0 Å². The number of halogens is 1. The molecule has 0 radical (unpaired) electrons. The minimum absolute atomic E-state index is 0.0451. The fourth-order valence-electron chi connectivity index (χ4n) is 2.66. The van der Waals surface area contributed by atoms with E-state index in [1.807, 2.05) is 0 Å². The molecule has 1 amide bonds. The number of hydrogen-bond acceptors (Lipinski definition) is 7. The van der Waals surface area contributed by atoms with Crippen LogP contribution in [0.4, 0.5) is 0 Å². The van der Waals surface area contributed by atoms with E-state index in [1.165, 1.54) is 25.5 Å². The third-order valence-corrected chi connectivity index (χ3v) is 6.28. The van der Waals surface area contributed by atoms with E-state index in [-0.39, 0.29) is 10.6 Å². The first kappa shape index (κ1) is 25.1. The Labute approximate surface area is 205 Å². The highest BCUT2D eigenvalue weighted by molar-refractivity contribution is 9.10. The molecule has 3 rings (SSSR count). The van der Waals surface area contributed by atoms with Crippen LogP contribution in [0.25, 0.3) is 0 Å². The maximum absolute atomic E-state index is 12.5. The summed E-state index contributed by atoms with van der Waals surface area (Å²) in [6, 6.07) is 19.0. The van der Waals surface area contributed by atoms with E-state index >= 15 is 0 Å². The topological polar surface area (TPSA) is 123 Å². The average molecular weight is 546 g/mol. The first-order valence-corrected chi connectivity index (χ1v) is 12.1. The second-order valence-electron chi connectivity index (χ2n) is 6.73. The third-order valence-electron chi connectivity index (χ3n) is 4.37. The van der Waals surface area contributed by atoms with Crippen LogP contribution < -0.4 is 19.6 Å². The molecule has 3 aromatic rings. The number of carbonyl (C=O) groups is 2. The predicted octanol–water partition coefficient (Wildman–Crippen LogP) is 3.11. The molecule has 9 nitrogen and oxygen atoms in total. The molecule has 34 heavy (non-hydrogen) atoms. The van der Waals surface area contributed by atoms with E-state index in [9.17, 15) is 18.0 Å². The summed E-state index contributed by atoms with van der Waals surface area (Å²) in [4.78, 5) is 24.5. The van der Waals surface area contributed by atoms with Gasteiger partial charge in [0.2, 0.25) is 10.0 Å². The molecule has 0 saturated heterocycles. The second kappa shape index (κ2) is 11.5. The lowest BCUT2D eigenvalue weighted by atomic mass is 10.2. The fourth-order valence-corrected chi connectivity index (χ4v) is 4.04. The van der Waals surface area contributed by atoms with Crippen molar-refractivity contribution < 1.29 is 27.5 Å². The van der Waals surface area contributed by atoms with E-state index in [4.69, 9.17) is 9.47 Å². The van der Waals surface area contributed by atoms with Crippen molar-refractivity contribution >= 4 is 44.0 Å². The molecule has 0 saturated carbocycles. The van der Waals surface area contributed by atoms with Crippen molar-refractivity contribution in [1.29, 1.82) is 0 Å². The maximum atomic E-state index is 12.5. The molecule has 11 heteroatoms. The van der Waals surface area contributed by atoms with Gasteiger partial charge >= 0.3 is 5.97 Å². The van der Waals surface area contributed by atoms with Crippen molar-refractivity contribution in [2.24, 2.45) is 5.10 Å². The zero-order valence-electron chi connectivity index (χ0n) is 17.9. The lowest BCUT2D eigenvalue weighted by Crippen LogP contribution is -2.34. The number of carbonyl (C=O) groups excluding carboxylic acids is 2. The summed E-state index contributed by atoms with van der Waals surface area (Å²) in [5.41, 5.74) is 2.96. The van der Waals surface area contributed by atoms with Gasteiger partial charge in [0.05, 0.1) is 30.3 Å². The van der Waals surface area contributed by atoms with Crippen molar-refractivity contribution in [2.75, 3.05) is 13.7 Å². The first-order valence-electron chi connectivity index (χ1n) is 9.81. The monoisotopic (exact) mass is 545 g/mol. The molecule has 0 aliphatic rings. The molecule has 0 bridgehead atoms. The molecule has 0 aromatic heterocycles. The van der Waals surface area contributed by atoms with Crippen LogP contribution in [0.5, 0.6) is 11.5 Å². The van der Waals surface area contributed by atoms with Crippen LogP contribution in [-0.4, -0.2) is 40.2 Å². The number of ether oxygens (including phenoxy) is 2. The third kappa shape index (κ3) is 6.98. The fraction of sp³-hybridized carbons (Fsp3) is 0.0870. The number of benzene rings is 3. The lowest BCUT2D eigenvalue weighted by Gasteiger charge is -2.09. The number of amides is 1. The van der Waals surface area contributed by atoms with Gasteiger partial charge < -0.3 is 9.47 Å². The Balaban J connectivity index is 1.62. The highest BCUT2D eigenvalue weighted by atomic mass is 79.9. The lowest BCUT2D eigenvalue weighted by molar-refractivity contribution is -0.119.